The van der Waals surface area contributed by atoms with Crippen molar-refractivity contribution in [2.45, 2.75) is 13.8 Å². The van der Waals surface area contributed by atoms with E-state index in [0.29, 0.717) is 33.4 Å². The number of carbonyl (C=O) groups excluding carboxylic acids is 1. The van der Waals surface area contributed by atoms with Crippen molar-refractivity contribution in [1.29, 1.82) is 0 Å². The zero-order chi connectivity index (χ0) is 16.6. The number of fused-ring (bicyclic) bond motifs is 2. The van der Waals surface area contributed by atoms with E-state index >= 15 is 0 Å². The lowest BCUT2D eigenvalue weighted by atomic mass is 10.1. The van der Waals surface area contributed by atoms with Crippen molar-refractivity contribution in [3.63, 3.8) is 0 Å². The summed E-state index contributed by atoms with van der Waals surface area (Å²) >= 11 is 0. The maximum atomic E-state index is 11.1. The average molecular weight is 313 g/mol. The summed E-state index contributed by atoms with van der Waals surface area (Å²) in [6, 6.07) is 7.34. The predicted molar refractivity (Wildman–Crippen MR) is 85.4 cm³/mol. The van der Waals surface area contributed by atoms with Crippen LogP contribution in [0.2, 0.25) is 0 Å². The monoisotopic (exact) mass is 313 g/mol. The number of nitrogens with one attached hydrogen (secondary N) is 1. The van der Waals surface area contributed by atoms with Crippen LogP contribution in [0, 0.1) is 6.92 Å². The van der Waals surface area contributed by atoms with Crippen molar-refractivity contribution in [2.75, 3.05) is 12.6 Å². The van der Waals surface area contributed by atoms with Gasteiger partial charge in [0.05, 0.1) is 18.1 Å². The van der Waals surface area contributed by atoms with Crippen molar-refractivity contribution in [2.24, 2.45) is 0 Å². The number of phenolic OH excluding ortho intramolecular Hbond substituents is 1. The number of anilines is 1. The summed E-state index contributed by atoms with van der Waals surface area (Å²) in [6.45, 7) is 2.94. The Morgan fingerprint density at radius 3 is 2.35 bits per heavy atom. The largest absolute Gasteiger partial charge is 0.505 e. The first kappa shape index (κ1) is 14.8. The van der Waals surface area contributed by atoms with E-state index in [1.165, 1.54) is 14.0 Å². The zero-order valence-corrected chi connectivity index (χ0v) is 12.9. The number of aromatic hydroxyl groups is 1. The second-order valence-corrected chi connectivity index (χ2v) is 4.99. The zero-order valence-electron chi connectivity index (χ0n) is 12.9. The molecule has 23 heavy (non-hydrogen) atoms. The Morgan fingerprint density at radius 1 is 1.17 bits per heavy atom. The summed E-state index contributed by atoms with van der Waals surface area (Å²) in [5, 5.41) is 10.4. The van der Waals surface area contributed by atoms with E-state index in [9.17, 15) is 9.90 Å². The normalized spacial score (nSPS) is 10.7. The molecule has 0 atom stereocenters. The van der Waals surface area contributed by atoms with Crippen LogP contribution in [0.5, 0.6) is 11.5 Å². The van der Waals surface area contributed by atoms with E-state index in [0.717, 1.165) is 0 Å². The molecule has 0 radical (unpaired) electrons. The van der Waals surface area contributed by atoms with Gasteiger partial charge in [0.2, 0.25) is 0 Å². The third kappa shape index (κ3) is 2.46. The Hall–Kier alpha value is -3.09. The van der Waals surface area contributed by atoms with E-state index < -0.39 is 5.97 Å². The summed E-state index contributed by atoms with van der Waals surface area (Å²) in [6.07, 6.45) is 0. The highest BCUT2D eigenvalue weighted by Crippen LogP contribution is 2.42. The van der Waals surface area contributed by atoms with E-state index in [-0.39, 0.29) is 11.4 Å². The van der Waals surface area contributed by atoms with E-state index in [1.54, 1.807) is 13.0 Å². The highest BCUT2D eigenvalue weighted by molar-refractivity contribution is 6.00. The molecule has 3 rings (SSSR count). The standard InChI is InChI=1S/C16H15N3O4/c1-8-15(21)13(19-23-9(2)20)12-14(16(8)22-3)18-11-7-5-4-6-10(11)17-12/h4-7,19,21H,1-3H3. The van der Waals surface area contributed by atoms with Crippen molar-refractivity contribution in [1.82, 2.24) is 9.97 Å². The van der Waals surface area contributed by atoms with Gasteiger partial charge in [0.25, 0.3) is 0 Å². The number of benzene rings is 2. The molecule has 0 saturated carbocycles. The molecule has 0 aliphatic heterocycles. The minimum atomic E-state index is -0.542. The number of nitrogens with zero attached hydrogens (tertiary/aromatic N) is 2. The van der Waals surface area contributed by atoms with Gasteiger partial charge in [-0.25, -0.2) is 15.4 Å². The molecular weight excluding hydrogens is 298 g/mol. The second kappa shape index (κ2) is 5.60. The predicted octanol–water partition coefficient (Wildman–Crippen LogP) is 2.70. The molecule has 0 aliphatic carbocycles. The first-order valence-electron chi connectivity index (χ1n) is 6.92. The summed E-state index contributed by atoms with van der Waals surface area (Å²) in [4.78, 5) is 24.9. The molecule has 118 valence electrons. The number of rotatable bonds is 3. The van der Waals surface area contributed by atoms with Gasteiger partial charge in [-0.05, 0) is 19.1 Å². The highest BCUT2D eigenvalue weighted by atomic mass is 16.7. The van der Waals surface area contributed by atoms with Crippen LogP contribution in [0.25, 0.3) is 22.1 Å². The van der Waals surface area contributed by atoms with Crippen LogP contribution in [0.1, 0.15) is 12.5 Å². The molecular formula is C16H15N3O4. The van der Waals surface area contributed by atoms with Crippen LogP contribution < -0.4 is 10.2 Å². The van der Waals surface area contributed by atoms with Crippen molar-refractivity contribution < 1.29 is 19.5 Å². The van der Waals surface area contributed by atoms with Crippen molar-refractivity contribution in [3.05, 3.63) is 29.8 Å². The first-order chi connectivity index (χ1) is 11.0. The third-order valence-corrected chi connectivity index (χ3v) is 3.46. The van der Waals surface area contributed by atoms with Crippen LogP contribution in [0.3, 0.4) is 0 Å². The topological polar surface area (TPSA) is 93.6 Å². The van der Waals surface area contributed by atoms with Gasteiger partial charge in [-0.1, -0.05) is 12.1 Å². The van der Waals surface area contributed by atoms with Gasteiger partial charge in [-0.2, -0.15) is 0 Å². The lowest BCUT2D eigenvalue weighted by Gasteiger charge is -2.16. The molecule has 0 bridgehead atoms. The molecule has 1 aromatic heterocycles. The van der Waals surface area contributed by atoms with Crippen LogP contribution in [0.4, 0.5) is 5.69 Å². The lowest BCUT2D eigenvalue weighted by molar-refractivity contribution is -0.138. The Morgan fingerprint density at radius 2 is 1.78 bits per heavy atom. The number of phenols is 1. The van der Waals surface area contributed by atoms with Crippen molar-refractivity contribution in [3.8, 4) is 11.5 Å². The molecule has 1 heterocycles. The summed E-state index contributed by atoms with van der Waals surface area (Å²) in [5.74, 6) is -0.232. The van der Waals surface area contributed by atoms with Gasteiger partial charge in [0, 0.05) is 12.5 Å². The van der Waals surface area contributed by atoms with Crippen LogP contribution in [-0.2, 0) is 9.63 Å². The quantitative estimate of drug-likeness (QED) is 0.436. The van der Waals surface area contributed by atoms with Crippen LogP contribution >= 0.6 is 0 Å². The fraction of sp³-hybridized carbons (Fsp3) is 0.188. The molecule has 3 aromatic rings. The minimum Gasteiger partial charge on any atom is -0.505 e. The molecule has 7 heteroatoms. The van der Waals surface area contributed by atoms with Crippen molar-refractivity contribution >= 4 is 33.7 Å². The maximum Gasteiger partial charge on any atom is 0.329 e. The fourth-order valence-corrected chi connectivity index (χ4v) is 2.39. The number of ether oxygens (including phenoxy) is 1. The lowest BCUT2D eigenvalue weighted by Crippen LogP contribution is -2.08. The smallest absolute Gasteiger partial charge is 0.329 e. The van der Waals surface area contributed by atoms with E-state index in [2.05, 4.69) is 15.4 Å². The Kier molecular flexibility index (Phi) is 3.61. The number of para-hydroxylation sites is 2. The van der Waals surface area contributed by atoms with Gasteiger partial charge in [0.1, 0.15) is 16.7 Å². The average Bonchev–Trinajstić information content (AvgIpc) is 2.54. The van der Waals surface area contributed by atoms with Gasteiger partial charge < -0.3 is 14.7 Å². The van der Waals surface area contributed by atoms with E-state index in [1.807, 2.05) is 18.2 Å². The number of carbonyl (C=O) groups is 1. The third-order valence-electron chi connectivity index (χ3n) is 3.46. The van der Waals surface area contributed by atoms with Gasteiger partial charge in [-0.15, -0.1) is 0 Å². The molecule has 0 fully saturated rings. The summed E-state index contributed by atoms with van der Waals surface area (Å²) in [5.41, 5.74) is 5.26. The molecule has 2 aromatic carbocycles. The minimum absolute atomic E-state index is 0.111. The number of aromatic nitrogens is 2. The molecule has 7 nitrogen and oxygen atoms in total. The first-order valence-corrected chi connectivity index (χ1v) is 6.92. The molecule has 0 unspecified atom stereocenters. The van der Waals surface area contributed by atoms with Gasteiger partial charge in [-0.3, -0.25) is 4.79 Å². The summed E-state index contributed by atoms with van der Waals surface area (Å²) in [7, 11) is 1.50. The highest BCUT2D eigenvalue weighted by Gasteiger charge is 2.21. The fourth-order valence-electron chi connectivity index (χ4n) is 2.39. The molecule has 0 spiro atoms. The Labute approximate surface area is 131 Å². The van der Waals surface area contributed by atoms with Crippen LogP contribution in [-0.4, -0.2) is 28.2 Å². The van der Waals surface area contributed by atoms with Crippen LogP contribution in [0.15, 0.2) is 24.3 Å². The molecule has 2 N–H and O–H groups in total. The summed E-state index contributed by atoms with van der Waals surface area (Å²) < 4.78 is 5.37. The number of methoxy groups -OCH3 is 1. The Balaban J connectivity index is 2.38. The van der Waals surface area contributed by atoms with Gasteiger partial charge in [0.15, 0.2) is 11.5 Å². The SMILES string of the molecule is COc1c(C)c(O)c(NOC(C)=O)c2nc3ccccc3nc12. The number of hydrogen-bond donors (Lipinski definition) is 2. The maximum absolute atomic E-state index is 11.1. The second-order valence-electron chi connectivity index (χ2n) is 4.99. The Bertz CT molecular complexity index is 924. The van der Waals surface area contributed by atoms with E-state index in [4.69, 9.17) is 9.57 Å². The molecule has 0 aliphatic rings. The molecule has 0 saturated heterocycles. The van der Waals surface area contributed by atoms with Gasteiger partial charge >= 0.3 is 5.97 Å². The number of hydrogen-bond acceptors (Lipinski definition) is 7. The molecule has 0 amide bonds.